The van der Waals surface area contributed by atoms with Crippen molar-refractivity contribution < 1.29 is 13.2 Å². The summed E-state index contributed by atoms with van der Waals surface area (Å²) < 4.78 is 37.3. The van der Waals surface area contributed by atoms with Crippen molar-refractivity contribution in [1.29, 1.82) is 0 Å². The fourth-order valence-electron chi connectivity index (χ4n) is 3.84. The lowest BCUT2D eigenvalue weighted by Crippen LogP contribution is -2.37. The third-order valence-corrected chi connectivity index (χ3v) is 5.64. The number of hydrazine groups is 1. The van der Waals surface area contributed by atoms with Crippen LogP contribution >= 0.6 is 0 Å². The second kappa shape index (κ2) is 9.57. The normalized spacial score (nSPS) is 16.5. The van der Waals surface area contributed by atoms with Gasteiger partial charge >= 0.3 is 6.18 Å². The SMILES string of the molecule is C=C(Nc1cc2cc(/C(=C/N)N(C)N)ccc2cn1)C1CCN(CCC(F)(F)F)CC1. The van der Waals surface area contributed by atoms with Crippen LogP contribution in [0.5, 0.6) is 0 Å². The van der Waals surface area contributed by atoms with E-state index in [9.17, 15) is 13.2 Å². The van der Waals surface area contributed by atoms with Gasteiger partial charge in [0.05, 0.1) is 12.1 Å². The maximum absolute atomic E-state index is 12.4. The van der Waals surface area contributed by atoms with Crippen molar-refractivity contribution in [1.82, 2.24) is 14.9 Å². The van der Waals surface area contributed by atoms with E-state index in [1.807, 2.05) is 29.2 Å². The van der Waals surface area contributed by atoms with Crippen LogP contribution < -0.4 is 16.9 Å². The van der Waals surface area contributed by atoms with Crippen molar-refractivity contribution in [3.63, 3.8) is 0 Å². The van der Waals surface area contributed by atoms with Crippen LogP contribution in [0.4, 0.5) is 19.0 Å². The van der Waals surface area contributed by atoms with Crippen LogP contribution in [-0.2, 0) is 0 Å². The first-order valence-corrected chi connectivity index (χ1v) is 10.2. The molecule has 2 aromatic rings. The van der Waals surface area contributed by atoms with Gasteiger partial charge in [0.15, 0.2) is 0 Å². The van der Waals surface area contributed by atoms with Crippen molar-refractivity contribution in [3.05, 3.63) is 54.5 Å². The molecule has 5 N–H and O–H groups in total. The average molecular weight is 435 g/mol. The van der Waals surface area contributed by atoms with Gasteiger partial charge in [-0.2, -0.15) is 13.2 Å². The van der Waals surface area contributed by atoms with Crippen molar-refractivity contribution in [2.75, 3.05) is 32.0 Å². The van der Waals surface area contributed by atoms with E-state index in [4.69, 9.17) is 11.6 Å². The topological polar surface area (TPSA) is 83.4 Å². The highest BCUT2D eigenvalue weighted by molar-refractivity contribution is 5.87. The number of anilines is 1. The summed E-state index contributed by atoms with van der Waals surface area (Å²) in [5, 5.41) is 6.70. The summed E-state index contributed by atoms with van der Waals surface area (Å²) in [5.41, 5.74) is 8.13. The molecule has 2 heterocycles. The molecule has 1 aromatic carbocycles. The van der Waals surface area contributed by atoms with Crippen LogP contribution in [-0.4, -0.2) is 47.8 Å². The van der Waals surface area contributed by atoms with Gasteiger partial charge in [0.25, 0.3) is 0 Å². The largest absolute Gasteiger partial charge is 0.403 e. The lowest BCUT2D eigenvalue weighted by Gasteiger charge is -2.33. The van der Waals surface area contributed by atoms with Gasteiger partial charge in [-0.3, -0.25) is 0 Å². The number of piperidine rings is 1. The van der Waals surface area contributed by atoms with Crippen molar-refractivity contribution in [2.24, 2.45) is 17.5 Å². The highest BCUT2D eigenvalue weighted by atomic mass is 19.4. The Morgan fingerprint density at radius 3 is 2.61 bits per heavy atom. The molecular weight excluding hydrogens is 405 g/mol. The van der Waals surface area contributed by atoms with Crippen LogP contribution in [0.15, 0.2) is 48.9 Å². The summed E-state index contributed by atoms with van der Waals surface area (Å²) >= 11 is 0. The van der Waals surface area contributed by atoms with Crippen molar-refractivity contribution in [2.45, 2.75) is 25.4 Å². The van der Waals surface area contributed by atoms with Crippen LogP contribution in [0.1, 0.15) is 24.8 Å². The Morgan fingerprint density at radius 1 is 1.29 bits per heavy atom. The lowest BCUT2D eigenvalue weighted by atomic mass is 9.94. The predicted molar refractivity (Wildman–Crippen MR) is 118 cm³/mol. The molecule has 0 amide bonds. The van der Waals surface area contributed by atoms with E-state index in [0.29, 0.717) is 24.6 Å². The van der Waals surface area contributed by atoms with Gasteiger partial charge in [-0.25, -0.2) is 10.8 Å². The Bertz CT molecular complexity index is 946. The fraction of sp³-hybridized carbons (Fsp3) is 0.409. The summed E-state index contributed by atoms with van der Waals surface area (Å²) in [5.74, 6) is 6.71. The maximum Gasteiger partial charge on any atom is 0.390 e. The van der Waals surface area contributed by atoms with Gasteiger partial charge in [0.2, 0.25) is 0 Å². The Balaban J connectivity index is 1.63. The Hall–Kier alpha value is -2.78. The highest BCUT2D eigenvalue weighted by Crippen LogP contribution is 2.28. The van der Waals surface area contributed by atoms with E-state index in [2.05, 4.69) is 16.9 Å². The minimum absolute atomic E-state index is 0.0575. The van der Waals surface area contributed by atoms with Gasteiger partial charge in [0.1, 0.15) is 5.82 Å². The van der Waals surface area contributed by atoms with Gasteiger partial charge < -0.3 is 21.0 Å². The van der Waals surface area contributed by atoms with E-state index >= 15 is 0 Å². The molecule has 1 fully saturated rings. The molecule has 0 unspecified atom stereocenters. The molecule has 0 aliphatic carbocycles. The first-order valence-electron chi connectivity index (χ1n) is 10.2. The number of allylic oxidation sites excluding steroid dienone is 1. The number of aromatic nitrogens is 1. The highest BCUT2D eigenvalue weighted by Gasteiger charge is 2.29. The second-order valence-corrected chi connectivity index (χ2v) is 7.93. The van der Waals surface area contributed by atoms with Crippen LogP contribution in [0, 0.1) is 5.92 Å². The maximum atomic E-state index is 12.4. The van der Waals surface area contributed by atoms with E-state index in [-0.39, 0.29) is 12.5 Å². The Morgan fingerprint density at radius 2 is 2.00 bits per heavy atom. The number of fused-ring (bicyclic) bond motifs is 1. The zero-order chi connectivity index (χ0) is 22.6. The molecule has 168 valence electrons. The van der Waals surface area contributed by atoms with Crippen molar-refractivity contribution in [3.8, 4) is 0 Å². The monoisotopic (exact) mass is 434 g/mol. The van der Waals surface area contributed by atoms with E-state index < -0.39 is 12.6 Å². The number of nitrogens with two attached hydrogens (primary N) is 2. The van der Waals surface area contributed by atoms with E-state index in [1.165, 1.54) is 11.2 Å². The molecule has 9 heteroatoms. The zero-order valence-corrected chi connectivity index (χ0v) is 17.6. The number of hydrogen-bond acceptors (Lipinski definition) is 6. The number of nitrogens with zero attached hydrogens (tertiary/aromatic N) is 3. The number of nitrogens with one attached hydrogen (secondary N) is 1. The Labute approximate surface area is 180 Å². The minimum Gasteiger partial charge on any atom is -0.403 e. The number of likely N-dealkylation sites (tertiary alicyclic amines) is 1. The van der Waals surface area contributed by atoms with Gasteiger partial charge in [0, 0.05) is 48.6 Å². The molecule has 1 aliphatic heterocycles. The molecule has 1 saturated heterocycles. The quantitative estimate of drug-likeness (QED) is 0.453. The average Bonchev–Trinajstić information content (AvgIpc) is 2.72. The predicted octanol–water partition coefficient (Wildman–Crippen LogP) is 3.89. The molecule has 1 aliphatic rings. The first kappa shape index (κ1) is 22.9. The number of rotatable bonds is 7. The fourth-order valence-corrected chi connectivity index (χ4v) is 3.84. The van der Waals surface area contributed by atoms with Crippen LogP contribution in [0.25, 0.3) is 16.5 Å². The molecule has 31 heavy (non-hydrogen) atoms. The molecule has 0 spiro atoms. The summed E-state index contributed by atoms with van der Waals surface area (Å²) in [6.45, 7) is 5.48. The van der Waals surface area contributed by atoms with E-state index in [1.54, 1.807) is 13.2 Å². The standard InChI is InChI=1S/C22H29F3N6/c1-15(16-5-8-31(9-6-16)10-7-22(23,24)25)29-21-12-19-11-17(20(13-26)30(2)27)3-4-18(19)14-28-21/h3-4,11-14,16H,1,5-10,26-27H2,2H3,(H,28,29)/b20-13-. The third kappa shape index (κ3) is 6.11. The zero-order valence-electron chi connectivity index (χ0n) is 17.6. The summed E-state index contributed by atoms with van der Waals surface area (Å²) in [6.07, 6.45) is -0.0779. The minimum atomic E-state index is -4.11. The lowest BCUT2D eigenvalue weighted by molar-refractivity contribution is -0.138. The molecule has 0 radical (unpaired) electrons. The number of alkyl halides is 3. The molecule has 0 bridgehead atoms. The van der Waals surface area contributed by atoms with E-state index in [0.717, 1.165) is 34.9 Å². The van der Waals surface area contributed by atoms with Gasteiger partial charge in [-0.05, 0) is 43.5 Å². The molecule has 0 atom stereocenters. The van der Waals surface area contributed by atoms with Gasteiger partial charge in [-0.15, -0.1) is 0 Å². The summed E-state index contributed by atoms with van der Waals surface area (Å²) in [6, 6.07) is 7.82. The Kier molecular flexibility index (Phi) is 7.07. The molecule has 6 nitrogen and oxygen atoms in total. The number of pyridine rings is 1. The van der Waals surface area contributed by atoms with Crippen molar-refractivity contribution >= 4 is 22.3 Å². The second-order valence-electron chi connectivity index (χ2n) is 7.93. The number of hydrogen-bond donors (Lipinski definition) is 3. The molecule has 0 saturated carbocycles. The molecule has 1 aromatic heterocycles. The number of halogens is 3. The summed E-state index contributed by atoms with van der Waals surface area (Å²) in [4.78, 5) is 6.33. The molecule has 3 rings (SSSR count). The smallest absolute Gasteiger partial charge is 0.390 e. The number of benzene rings is 1. The van der Waals surface area contributed by atoms with Gasteiger partial charge in [-0.1, -0.05) is 18.7 Å². The van der Waals surface area contributed by atoms with Crippen LogP contribution in [0.2, 0.25) is 0 Å². The molecular formula is C22H29F3N6. The first-order chi connectivity index (χ1) is 14.7. The summed E-state index contributed by atoms with van der Waals surface area (Å²) in [7, 11) is 1.72. The van der Waals surface area contributed by atoms with Crippen LogP contribution in [0.3, 0.4) is 0 Å². The third-order valence-electron chi connectivity index (χ3n) is 5.64.